The Hall–Kier alpha value is -1.25. The van der Waals surface area contributed by atoms with Crippen molar-refractivity contribution in [2.24, 2.45) is 0 Å². The average Bonchev–Trinajstić information content (AvgIpc) is 1.88. The van der Waals surface area contributed by atoms with E-state index in [1.165, 1.54) is 11.1 Å². The maximum atomic E-state index is 10.3. The molecule has 0 amide bonds. The van der Waals surface area contributed by atoms with Gasteiger partial charge < -0.3 is 10.0 Å². The summed E-state index contributed by atoms with van der Waals surface area (Å²) in [5.41, 5.74) is 0.310. The minimum absolute atomic E-state index is 0.310. The Morgan fingerprint density at radius 3 is 2.90 bits per heavy atom. The summed E-state index contributed by atoms with van der Waals surface area (Å²) >= 11 is 0. The van der Waals surface area contributed by atoms with Crippen LogP contribution in [0.15, 0.2) is 24.0 Å². The van der Waals surface area contributed by atoms with Crippen LogP contribution in [0.25, 0.3) is 0 Å². The van der Waals surface area contributed by atoms with Gasteiger partial charge in [0.2, 0.25) is 0 Å². The molecule has 0 saturated heterocycles. The van der Waals surface area contributed by atoms with Crippen LogP contribution >= 0.6 is 0 Å². The summed E-state index contributed by atoms with van der Waals surface area (Å²) in [6.45, 7) is 0. The van der Waals surface area contributed by atoms with E-state index in [0.717, 1.165) is 0 Å². The average molecular weight is 137 g/mol. The van der Waals surface area contributed by atoms with Crippen LogP contribution in [0.1, 0.15) is 6.42 Å². The van der Waals surface area contributed by atoms with Crippen LogP contribution in [0.3, 0.4) is 0 Å². The van der Waals surface area contributed by atoms with Crippen molar-refractivity contribution in [3.05, 3.63) is 31.1 Å². The number of hydrogen-bond donors (Lipinski definition) is 1. The van der Waals surface area contributed by atoms with Crippen molar-refractivity contribution in [3.63, 3.8) is 0 Å². The van der Waals surface area contributed by atoms with E-state index >= 15 is 0 Å². The molecule has 0 saturated carbocycles. The molecule has 0 bridgehead atoms. The van der Waals surface area contributed by atoms with Crippen molar-refractivity contribution < 1.29 is 9.90 Å². The number of rotatable bonds is 1. The lowest BCUT2D eigenvalue weighted by molar-refractivity contribution is -0.132. The summed E-state index contributed by atoms with van der Waals surface area (Å²) in [6, 6.07) is 0. The first-order chi connectivity index (χ1) is 4.70. The number of carboxylic acid groups (broad SMARTS) is 1. The van der Waals surface area contributed by atoms with Crippen molar-refractivity contribution in [2.75, 3.05) is 0 Å². The highest BCUT2D eigenvalue weighted by Gasteiger charge is 2.08. The molecule has 1 aliphatic rings. The summed E-state index contributed by atoms with van der Waals surface area (Å²) in [7, 11) is 5.27. The lowest BCUT2D eigenvalue weighted by atomic mass is 10.2. The fourth-order valence-corrected chi connectivity index (χ4v) is 0.720. The lowest BCUT2D eigenvalue weighted by Gasteiger charge is -2.12. The largest absolute Gasteiger partial charge is 0.478 e. The maximum absolute atomic E-state index is 10.3. The molecule has 0 atom stereocenters. The van der Waals surface area contributed by atoms with E-state index in [4.69, 9.17) is 12.2 Å². The molecule has 0 aromatic rings. The predicted octanol–water partition coefficient (Wildman–Crippen LogP) is 0.843. The molecule has 1 heterocycles. The zero-order valence-corrected chi connectivity index (χ0v) is 5.32. The molecule has 1 aliphatic heterocycles. The van der Waals surface area contributed by atoms with Crippen LogP contribution in [0.2, 0.25) is 0 Å². The molecular formula is C7H7NO2. The van der Waals surface area contributed by atoms with Gasteiger partial charge in [0.15, 0.2) is 0 Å². The minimum Gasteiger partial charge on any atom is -0.478 e. The second-order valence-corrected chi connectivity index (χ2v) is 2.00. The molecule has 0 unspecified atom stereocenters. The standard InChI is InChI=1S/C7H7NO2/c1-8-4-2-3-6(5-8)7(9)10/h1-2,4-5H,3H2,(H,9,10). The van der Waals surface area contributed by atoms with Crippen molar-refractivity contribution in [3.8, 4) is 0 Å². The third-order valence-electron chi connectivity index (χ3n) is 1.19. The van der Waals surface area contributed by atoms with E-state index in [-0.39, 0.29) is 0 Å². The van der Waals surface area contributed by atoms with E-state index in [1.807, 2.05) is 0 Å². The van der Waals surface area contributed by atoms with Gasteiger partial charge in [-0.2, -0.15) is 0 Å². The molecule has 0 aromatic carbocycles. The SMILES string of the molecule is [CH]N1C=CCC(C(=O)O)=C1. The molecule has 52 valence electrons. The molecule has 0 aromatic heterocycles. The smallest absolute Gasteiger partial charge is 0.333 e. The van der Waals surface area contributed by atoms with Gasteiger partial charge in [0.25, 0.3) is 0 Å². The number of carbonyl (C=O) groups is 1. The van der Waals surface area contributed by atoms with Crippen LogP contribution in [0.5, 0.6) is 0 Å². The molecule has 0 aliphatic carbocycles. The number of carboxylic acids is 1. The maximum Gasteiger partial charge on any atom is 0.333 e. The van der Waals surface area contributed by atoms with Gasteiger partial charge in [0.1, 0.15) is 0 Å². The normalized spacial score (nSPS) is 16.9. The quantitative estimate of drug-likeness (QED) is 0.582. The van der Waals surface area contributed by atoms with Crippen LogP contribution in [-0.2, 0) is 4.79 Å². The fraction of sp³-hybridized carbons (Fsp3) is 0.143. The van der Waals surface area contributed by atoms with Crippen LogP contribution in [0, 0.1) is 7.05 Å². The topological polar surface area (TPSA) is 40.5 Å². The molecular weight excluding hydrogens is 130 g/mol. The van der Waals surface area contributed by atoms with Crippen molar-refractivity contribution in [1.82, 2.24) is 4.90 Å². The predicted molar refractivity (Wildman–Crippen MR) is 35.6 cm³/mol. The number of allylic oxidation sites excluding steroid dienone is 1. The first-order valence-electron chi connectivity index (χ1n) is 2.84. The highest BCUT2D eigenvalue weighted by Crippen LogP contribution is 2.10. The van der Waals surface area contributed by atoms with Gasteiger partial charge in [-0.1, -0.05) is 6.08 Å². The van der Waals surface area contributed by atoms with Gasteiger partial charge in [-0.05, 0) is 0 Å². The Labute approximate surface area is 59.3 Å². The van der Waals surface area contributed by atoms with Crippen LogP contribution < -0.4 is 0 Å². The molecule has 2 radical (unpaired) electrons. The zero-order chi connectivity index (χ0) is 7.56. The summed E-state index contributed by atoms with van der Waals surface area (Å²) in [5, 5.41) is 8.47. The first-order valence-corrected chi connectivity index (χ1v) is 2.84. The Morgan fingerprint density at radius 1 is 1.80 bits per heavy atom. The fourth-order valence-electron chi connectivity index (χ4n) is 0.720. The second-order valence-electron chi connectivity index (χ2n) is 2.00. The van der Waals surface area contributed by atoms with Gasteiger partial charge in [-0.25, -0.2) is 4.79 Å². The summed E-state index contributed by atoms with van der Waals surface area (Å²) in [6.07, 6.45) is 5.15. The molecule has 0 fully saturated rings. The third-order valence-corrected chi connectivity index (χ3v) is 1.19. The highest BCUT2D eigenvalue weighted by molar-refractivity contribution is 5.86. The highest BCUT2D eigenvalue weighted by atomic mass is 16.4. The van der Waals surface area contributed by atoms with Gasteiger partial charge in [-0.15, -0.1) is 0 Å². The number of nitrogens with zero attached hydrogens (tertiary/aromatic N) is 1. The van der Waals surface area contributed by atoms with Crippen molar-refractivity contribution in [2.45, 2.75) is 6.42 Å². The molecule has 3 nitrogen and oxygen atoms in total. The van der Waals surface area contributed by atoms with Gasteiger partial charge in [0, 0.05) is 18.8 Å². The summed E-state index contributed by atoms with van der Waals surface area (Å²) < 4.78 is 0. The van der Waals surface area contributed by atoms with Crippen LogP contribution in [0.4, 0.5) is 0 Å². The Kier molecular flexibility index (Phi) is 1.76. The van der Waals surface area contributed by atoms with Crippen LogP contribution in [-0.4, -0.2) is 16.0 Å². The van der Waals surface area contributed by atoms with Gasteiger partial charge >= 0.3 is 5.97 Å². The first kappa shape index (κ1) is 6.86. The van der Waals surface area contributed by atoms with E-state index in [2.05, 4.69) is 0 Å². The van der Waals surface area contributed by atoms with Crippen molar-refractivity contribution in [1.29, 1.82) is 0 Å². The minimum atomic E-state index is -0.917. The lowest BCUT2D eigenvalue weighted by Crippen LogP contribution is -2.09. The van der Waals surface area contributed by atoms with Gasteiger partial charge in [-0.3, -0.25) is 0 Å². The van der Waals surface area contributed by atoms with E-state index in [9.17, 15) is 4.79 Å². The second kappa shape index (κ2) is 2.56. The Morgan fingerprint density at radius 2 is 2.50 bits per heavy atom. The molecule has 3 heteroatoms. The van der Waals surface area contributed by atoms with E-state index in [0.29, 0.717) is 12.0 Å². The molecule has 0 spiro atoms. The number of hydrogen-bond acceptors (Lipinski definition) is 2. The molecule has 1 N–H and O–H groups in total. The monoisotopic (exact) mass is 137 g/mol. The zero-order valence-electron chi connectivity index (χ0n) is 5.32. The van der Waals surface area contributed by atoms with Crippen molar-refractivity contribution >= 4 is 5.97 Å². The van der Waals surface area contributed by atoms with E-state index in [1.54, 1.807) is 12.3 Å². The summed E-state index contributed by atoms with van der Waals surface area (Å²) in [4.78, 5) is 11.5. The Bertz CT molecular complexity index is 206. The number of aliphatic carboxylic acids is 1. The third kappa shape index (κ3) is 1.37. The Balaban J connectivity index is 2.71. The van der Waals surface area contributed by atoms with Gasteiger partial charge in [0.05, 0.1) is 12.6 Å². The molecule has 1 rings (SSSR count). The molecule has 10 heavy (non-hydrogen) atoms. The summed E-state index contributed by atoms with van der Waals surface area (Å²) in [5.74, 6) is -0.917. The van der Waals surface area contributed by atoms with E-state index < -0.39 is 5.97 Å².